The molecule has 1 fully saturated rings. The number of hydrogen-bond acceptors (Lipinski definition) is 2. The Morgan fingerprint density at radius 3 is 2.36 bits per heavy atom. The van der Waals surface area contributed by atoms with Gasteiger partial charge in [-0.05, 0) is 26.1 Å². The third-order valence-electron chi connectivity index (χ3n) is 1.84. The molecule has 0 unspecified atom stereocenters. The van der Waals surface area contributed by atoms with E-state index >= 15 is 0 Å². The van der Waals surface area contributed by atoms with E-state index < -0.39 is 0 Å². The largest absolute Gasteiger partial charge is 0.351 e. The van der Waals surface area contributed by atoms with Crippen molar-refractivity contribution < 1.29 is 0 Å². The Hall–Kier alpha value is -0.610. The van der Waals surface area contributed by atoms with Gasteiger partial charge in [-0.1, -0.05) is 6.58 Å². The fourth-order valence-electron chi connectivity index (χ4n) is 1.03. The van der Waals surface area contributed by atoms with E-state index in [0.717, 1.165) is 5.70 Å². The second kappa shape index (κ2) is 2.46. The highest BCUT2D eigenvalue weighted by Gasteiger charge is 2.35. The van der Waals surface area contributed by atoms with E-state index in [1.165, 1.54) is 0 Å². The van der Waals surface area contributed by atoms with E-state index in [-0.39, 0.29) is 5.54 Å². The molecule has 2 N–H and O–H groups in total. The van der Waals surface area contributed by atoms with E-state index in [2.05, 4.69) is 17.3 Å². The number of thiocarbonyl (C=S) groups is 1. The smallest absolute Gasteiger partial charge is 0.188 e. The minimum Gasteiger partial charge on any atom is -0.351 e. The Balaban J connectivity index is 2.88. The van der Waals surface area contributed by atoms with Crippen molar-refractivity contribution in [2.75, 3.05) is 7.05 Å². The van der Waals surface area contributed by atoms with Gasteiger partial charge in [0.2, 0.25) is 0 Å². The highest BCUT2D eigenvalue weighted by molar-refractivity contribution is 7.80. The van der Waals surface area contributed by atoms with E-state index in [9.17, 15) is 0 Å². The van der Waals surface area contributed by atoms with Crippen LogP contribution in [0.25, 0.3) is 0 Å². The number of rotatable bonds is 1. The van der Waals surface area contributed by atoms with Crippen molar-refractivity contribution in [2.24, 2.45) is 0 Å². The second-order valence-electron chi connectivity index (χ2n) is 3.06. The molecule has 1 heterocycles. The van der Waals surface area contributed by atoms with Crippen molar-refractivity contribution >= 4 is 17.3 Å². The van der Waals surface area contributed by atoms with Crippen LogP contribution in [0, 0.1) is 0 Å². The highest BCUT2D eigenvalue weighted by Crippen LogP contribution is 2.23. The number of hydrogen-bond donors (Lipinski definition) is 2. The van der Waals surface area contributed by atoms with Gasteiger partial charge in [0.25, 0.3) is 0 Å². The van der Waals surface area contributed by atoms with Gasteiger partial charge in [-0.15, -0.1) is 0 Å². The van der Waals surface area contributed by atoms with Crippen LogP contribution >= 0.6 is 12.2 Å². The van der Waals surface area contributed by atoms with Crippen LogP contribution in [0.2, 0.25) is 0 Å². The summed E-state index contributed by atoms with van der Waals surface area (Å²) >= 11 is 5.06. The fourth-order valence-corrected chi connectivity index (χ4v) is 1.49. The lowest BCUT2D eigenvalue weighted by molar-refractivity contribution is 0.405. The first kappa shape index (κ1) is 8.49. The van der Waals surface area contributed by atoms with E-state index in [0.29, 0.717) is 5.11 Å². The van der Waals surface area contributed by atoms with Gasteiger partial charge in [0.05, 0.1) is 11.2 Å². The van der Waals surface area contributed by atoms with Gasteiger partial charge in [0, 0.05) is 7.05 Å². The third kappa shape index (κ3) is 1.23. The van der Waals surface area contributed by atoms with Gasteiger partial charge in [-0.3, -0.25) is 5.01 Å². The molecule has 0 amide bonds. The van der Waals surface area contributed by atoms with Crippen molar-refractivity contribution in [2.45, 2.75) is 19.4 Å². The summed E-state index contributed by atoms with van der Waals surface area (Å²) in [7, 11) is 1.82. The molecular weight excluding hydrogens is 158 g/mol. The molecule has 0 aromatic rings. The van der Waals surface area contributed by atoms with E-state index in [1.807, 2.05) is 20.9 Å². The summed E-state index contributed by atoms with van der Waals surface area (Å²) in [5.74, 6) is 0. The van der Waals surface area contributed by atoms with Gasteiger partial charge in [0.15, 0.2) is 5.11 Å². The molecule has 0 spiro atoms. The minimum atomic E-state index is -0.125. The van der Waals surface area contributed by atoms with Gasteiger partial charge >= 0.3 is 0 Å². The van der Waals surface area contributed by atoms with E-state index in [4.69, 9.17) is 12.2 Å². The topological polar surface area (TPSA) is 27.3 Å². The number of nitrogens with zero attached hydrogens (tertiary/aromatic N) is 1. The zero-order valence-electron chi connectivity index (χ0n) is 7.06. The molecule has 0 aromatic heterocycles. The molecule has 0 atom stereocenters. The van der Waals surface area contributed by atoms with Gasteiger partial charge in [0.1, 0.15) is 0 Å². The zero-order valence-corrected chi connectivity index (χ0v) is 7.88. The average Bonchev–Trinajstić information content (AvgIpc) is 2.04. The predicted octanol–water partition coefficient (Wildman–Crippen LogP) is 0.603. The molecule has 0 radical (unpaired) electrons. The average molecular weight is 171 g/mol. The quantitative estimate of drug-likeness (QED) is 0.565. The molecule has 0 saturated carbocycles. The first-order valence-electron chi connectivity index (χ1n) is 3.48. The second-order valence-corrected chi connectivity index (χ2v) is 3.45. The lowest BCUT2D eigenvalue weighted by Gasteiger charge is -2.20. The molecule has 11 heavy (non-hydrogen) atoms. The van der Waals surface area contributed by atoms with Gasteiger partial charge < -0.3 is 5.32 Å². The van der Waals surface area contributed by atoms with E-state index in [1.54, 1.807) is 5.01 Å². The summed E-state index contributed by atoms with van der Waals surface area (Å²) in [6.45, 7) is 8.00. The normalized spacial score (nSPS) is 22.3. The molecule has 1 rings (SSSR count). The Morgan fingerprint density at radius 2 is 2.18 bits per heavy atom. The van der Waals surface area contributed by atoms with Crippen LogP contribution in [-0.4, -0.2) is 22.7 Å². The predicted molar refractivity (Wildman–Crippen MR) is 49.9 cm³/mol. The molecule has 0 bridgehead atoms. The van der Waals surface area contributed by atoms with Crippen LogP contribution in [0.15, 0.2) is 12.3 Å². The maximum Gasteiger partial charge on any atom is 0.188 e. The summed E-state index contributed by atoms with van der Waals surface area (Å²) in [6, 6.07) is 0. The first-order chi connectivity index (χ1) is 4.99. The standard InChI is InChI=1S/C7H13N3S/c1-5-7(2,3)9-6(11)10(5)8-4/h8H,1H2,2-4H3,(H,9,11). The number of nitrogens with one attached hydrogen (secondary N) is 2. The van der Waals surface area contributed by atoms with Gasteiger partial charge in [-0.25, -0.2) is 5.43 Å². The Morgan fingerprint density at radius 1 is 1.64 bits per heavy atom. The summed E-state index contributed by atoms with van der Waals surface area (Å²) in [5.41, 5.74) is 3.77. The first-order valence-corrected chi connectivity index (χ1v) is 3.89. The van der Waals surface area contributed by atoms with Crippen LogP contribution < -0.4 is 10.7 Å². The fraction of sp³-hybridized carbons (Fsp3) is 0.571. The molecule has 3 nitrogen and oxygen atoms in total. The van der Waals surface area contributed by atoms with Crippen LogP contribution in [-0.2, 0) is 0 Å². The number of hydrazine groups is 1. The summed E-state index contributed by atoms with van der Waals surface area (Å²) in [4.78, 5) is 0. The Bertz CT molecular complexity index is 210. The molecule has 0 aromatic carbocycles. The molecule has 0 aliphatic carbocycles. The SMILES string of the molecule is C=C1N(NC)C(=S)NC1(C)C. The molecule has 1 saturated heterocycles. The van der Waals surface area contributed by atoms with Crippen LogP contribution in [0.1, 0.15) is 13.8 Å². The van der Waals surface area contributed by atoms with Crippen molar-refractivity contribution in [3.63, 3.8) is 0 Å². The maximum atomic E-state index is 5.06. The zero-order chi connectivity index (χ0) is 8.65. The minimum absolute atomic E-state index is 0.125. The lowest BCUT2D eigenvalue weighted by atomic mass is 10.0. The summed E-state index contributed by atoms with van der Waals surface area (Å²) in [6.07, 6.45) is 0. The molecule has 1 aliphatic heterocycles. The summed E-state index contributed by atoms with van der Waals surface area (Å²) in [5, 5.41) is 5.60. The van der Waals surface area contributed by atoms with Crippen molar-refractivity contribution in [3.8, 4) is 0 Å². The summed E-state index contributed by atoms with van der Waals surface area (Å²) < 4.78 is 0. The van der Waals surface area contributed by atoms with Gasteiger partial charge in [-0.2, -0.15) is 0 Å². The van der Waals surface area contributed by atoms with Crippen LogP contribution in [0.4, 0.5) is 0 Å². The van der Waals surface area contributed by atoms with Crippen molar-refractivity contribution in [3.05, 3.63) is 12.3 Å². The molecule has 1 aliphatic rings. The van der Waals surface area contributed by atoms with Crippen LogP contribution in [0.5, 0.6) is 0 Å². The van der Waals surface area contributed by atoms with Crippen molar-refractivity contribution in [1.29, 1.82) is 0 Å². The molecular formula is C7H13N3S. The monoisotopic (exact) mass is 171 g/mol. The third-order valence-corrected chi connectivity index (χ3v) is 2.12. The Labute approximate surface area is 72.4 Å². The molecule has 4 heteroatoms. The maximum absolute atomic E-state index is 5.06. The van der Waals surface area contributed by atoms with Crippen molar-refractivity contribution in [1.82, 2.24) is 15.8 Å². The lowest BCUT2D eigenvalue weighted by Crippen LogP contribution is -2.36. The van der Waals surface area contributed by atoms with Crippen LogP contribution in [0.3, 0.4) is 0 Å². The molecule has 62 valence electrons. The highest BCUT2D eigenvalue weighted by atomic mass is 32.1. The Kier molecular flexibility index (Phi) is 1.90.